The number of rotatable bonds is 5. The van der Waals surface area contributed by atoms with Crippen LogP contribution >= 0.6 is 0 Å². The number of hydrogen-bond acceptors (Lipinski definition) is 7. The molecule has 1 saturated carbocycles. The minimum absolute atomic E-state index is 0.309. The molecule has 7 rings (SSSR count). The summed E-state index contributed by atoms with van der Waals surface area (Å²) in [6.07, 6.45) is 6.12. The summed E-state index contributed by atoms with van der Waals surface area (Å²) >= 11 is 0. The van der Waals surface area contributed by atoms with E-state index < -0.39 is 0 Å². The number of anilines is 1. The lowest BCUT2D eigenvalue weighted by Gasteiger charge is -2.41. The van der Waals surface area contributed by atoms with Crippen LogP contribution in [0.5, 0.6) is 0 Å². The molecular formula is C32H37N9. The molecule has 5 aromatic rings. The van der Waals surface area contributed by atoms with E-state index in [-0.39, 0.29) is 0 Å². The molecule has 0 spiro atoms. The molecule has 9 nitrogen and oxygen atoms in total. The van der Waals surface area contributed by atoms with E-state index in [1.165, 1.54) is 25.9 Å². The zero-order valence-corrected chi connectivity index (χ0v) is 23.8. The summed E-state index contributed by atoms with van der Waals surface area (Å²) in [6, 6.07) is 21.9. The number of fused-ring (bicyclic) bond motifs is 1. The summed E-state index contributed by atoms with van der Waals surface area (Å²) in [7, 11) is 2.22. The van der Waals surface area contributed by atoms with Crippen molar-refractivity contribution in [3.63, 3.8) is 0 Å². The van der Waals surface area contributed by atoms with E-state index in [9.17, 15) is 0 Å². The SMILES string of the molecule is Cc1cc(-c2ccccc2)n(-c2ccc(-c3nn(C4CCC(N5CCN(C)CC5)CC4)c4ncnc(N)c34)cc2)n1. The van der Waals surface area contributed by atoms with Crippen LogP contribution in [0.3, 0.4) is 0 Å². The maximum Gasteiger partial charge on any atom is 0.164 e. The Kier molecular flexibility index (Phi) is 6.76. The summed E-state index contributed by atoms with van der Waals surface area (Å²) in [5, 5.41) is 10.8. The number of nitrogen functional groups attached to an aromatic ring is 1. The van der Waals surface area contributed by atoms with Crippen LogP contribution < -0.4 is 5.73 Å². The van der Waals surface area contributed by atoms with E-state index in [0.717, 1.165) is 70.9 Å². The molecule has 210 valence electrons. The maximum atomic E-state index is 6.45. The first-order chi connectivity index (χ1) is 20.0. The van der Waals surface area contributed by atoms with Gasteiger partial charge in [0.15, 0.2) is 5.65 Å². The van der Waals surface area contributed by atoms with Gasteiger partial charge >= 0.3 is 0 Å². The highest BCUT2D eigenvalue weighted by Gasteiger charge is 2.30. The molecule has 3 aromatic heterocycles. The molecule has 2 fully saturated rings. The van der Waals surface area contributed by atoms with Crippen molar-refractivity contribution in [2.45, 2.75) is 44.7 Å². The molecule has 41 heavy (non-hydrogen) atoms. The van der Waals surface area contributed by atoms with Gasteiger partial charge in [0.1, 0.15) is 17.8 Å². The molecule has 2 aliphatic rings. The van der Waals surface area contributed by atoms with E-state index in [1.54, 1.807) is 6.33 Å². The lowest BCUT2D eigenvalue weighted by atomic mass is 9.90. The summed E-state index contributed by atoms with van der Waals surface area (Å²) in [4.78, 5) is 14.1. The number of benzene rings is 2. The third kappa shape index (κ3) is 4.89. The Morgan fingerprint density at radius 2 is 1.49 bits per heavy atom. The fraction of sp³-hybridized carbons (Fsp3) is 0.375. The van der Waals surface area contributed by atoms with Crippen LogP contribution in [-0.2, 0) is 0 Å². The number of aryl methyl sites for hydroxylation is 1. The van der Waals surface area contributed by atoms with E-state index in [1.807, 2.05) is 17.7 Å². The molecule has 1 saturated heterocycles. The third-order valence-electron chi connectivity index (χ3n) is 8.87. The average Bonchev–Trinajstić information content (AvgIpc) is 3.60. The Morgan fingerprint density at radius 3 is 2.22 bits per heavy atom. The van der Waals surface area contributed by atoms with Gasteiger partial charge in [-0.05, 0) is 57.9 Å². The zero-order chi connectivity index (χ0) is 27.9. The predicted molar refractivity (Wildman–Crippen MR) is 163 cm³/mol. The molecule has 0 unspecified atom stereocenters. The lowest BCUT2D eigenvalue weighted by Crippen LogP contribution is -2.49. The van der Waals surface area contributed by atoms with Crippen LogP contribution in [0.15, 0.2) is 67.0 Å². The first-order valence-electron chi connectivity index (χ1n) is 14.7. The standard InChI is InChI=1S/C32H37N9/c1-22-20-28(23-6-4-3-5-7-23)40(36-22)26-10-8-24(9-11-26)30-29-31(33)34-21-35-32(29)41(37-30)27-14-12-25(13-15-27)39-18-16-38(2)17-19-39/h3-11,20-21,25,27H,12-19H2,1-2H3,(H2,33,34,35). The Labute approximate surface area is 240 Å². The van der Waals surface area contributed by atoms with Gasteiger partial charge in [-0.25, -0.2) is 19.3 Å². The highest BCUT2D eigenvalue weighted by molar-refractivity contribution is 5.98. The van der Waals surface area contributed by atoms with Gasteiger partial charge in [-0.2, -0.15) is 10.2 Å². The Balaban J connectivity index is 1.17. The van der Waals surface area contributed by atoms with Gasteiger partial charge in [0.25, 0.3) is 0 Å². The number of aromatic nitrogens is 6. The Morgan fingerprint density at radius 1 is 0.780 bits per heavy atom. The van der Waals surface area contributed by atoms with Crippen molar-refractivity contribution in [1.29, 1.82) is 0 Å². The van der Waals surface area contributed by atoms with Crippen LogP contribution in [-0.4, -0.2) is 78.6 Å². The molecule has 0 amide bonds. The van der Waals surface area contributed by atoms with Gasteiger partial charge in [0.05, 0.1) is 28.5 Å². The number of nitrogens with zero attached hydrogens (tertiary/aromatic N) is 8. The number of piperazine rings is 1. The van der Waals surface area contributed by atoms with Gasteiger partial charge in [-0.15, -0.1) is 0 Å². The first-order valence-corrected chi connectivity index (χ1v) is 14.7. The van der Waals surface area contributed by atoms with Crippen molar-refractivity contribution >= 4 is 16.9 Å². The van der Waals surface area contributed by atoms with Gasteiger partial charge in [-0.3, -0.25) is 4.90 Å². The zero-order valence-electron chi connectivity index (χ0n) is 23.8. The van der Waals surface area contributed by atoms with Crippen LogP contribution in [0.2, 0.25) is 0 Å². The summed E-state index contributed by atoms with van der Waals surface area (Å²) < 4.78 is 4.13. The highest BCUT2D eigenvalue weighted by atomic mass is 15.3. The van der Waals surface area contributed by atoms with Crippen molar-refractivity contribution in [2.24, 2.45) is 0 Å². The normalized spacial score (nSPS) is 20.5. The molecule has 9 heteroatoms. The fourth-order valence-corrected chi connectivity index (χ4v) is 6.58. The van der Waals surface area contributed by atoms with Crippen molar-refractivity contribution in [2.75, 3.05) is 39.0 Å². The topological polar surface area (TPSA) is 93.9 Å². The molecule has 0 radical (unpaired) electrons. The highest BCUT2D eigenvalue weighted by Crippen LogP contribution is 2.37. The molecule has 4 heterocycles. The average molecular weight is 548 g/mol. The Bertz CT molecular complexity index is 1640. The van der Waals surface area contributed by atoms with Crippen molar-refractivity contribution in [3.05, 3.63) is 72.7 Å². The quantitative estimate of drug-likeness (QED) is 0.332. The van der Waals surface area contributed by atoms with Gasteiger partial charge < -0.3 is 10.6 Å². The van der Waals surface area contributed by atoms with E-state index in [4.69, 9.17) is 15.9 Å². The number of hydrogen-bond donors (Lipinski definition) is 1. The van der Waals surface area contributed by atoms with E-state index in [2.05, 4.69) is 86.1 Å². The monoisotopic (exact) mass is 547 g/mol. The van der Waals surface area contributed by atoms with E-state index >= 15 is 0 Å². The summed E-state index contributed by atoms with van der Waals surface area (Å²) in [6.45, 7) is 6.69. The number of likely N-dealkylation sites (N-methyl/N-ethyl adjacent to an activating group) is 1. The minimum Gasteiger partial charge on any atom is -0.383 e. The van der Waals surface area contributed by atoms with Gasteiger partial charge in [-0.1, -0.05) is 42.5 Å². The second-order valence-corrected chi connectivity index (χ2v) is 11.5. The maximum absolute atomic E-state index is 6.45. The summed E-state index contributed by atoms with van der Waals surface area (Å²) in [5.74, 6) is 0.473. The molecule has 0 bridgehead atoms. The van der Waals surface area contributed by atoms with Crippen molar-refractivity contribution in [1.82, 2.24) is 39.3 Å². The van der Waals surface area contributed by atoms with Gasteiger partial charge in [0, 0.05) is 43.3 Å². The third-order valence-corrected chi connectivity index (χ3v) is 8.87. The van der Waals surface area contributed by atoms with Crippen molar-refractivity contribution in [3.8, 4) is 28.2 Å². The first kappa shape index (κ1) is 25.9. The van der Waals surface area contributed by atoms with Crippen LogP contribution in [0, 0.1) is 6.92 Å². The summed E-state index contributed by atoms with van der Waals surface area (Å²) in [5.41, 5.74) is 13.3. The molecular weight excluding hydrogens is 510 g/mol. The minimum atomic E-state index is 0.309. The van der Waals surface area contributed by atoms with Crippen LogP contribution in [0.4, 0.5) is 5.82 Å². The molecule has 0 atom stereocenters. The predicted octanol–water partition coefficient (Wildman–Crippen LogP) is 4.97. The van der Waals surface area contributed by atoms with Gasteiger partial charge in [0.2, 0.25) is 0 Å². The smallest absolute Gasteiger partial charge is 0.164 e. The fourth-order valence-electron chi connectivity index (χ4n) is 6.58. The largest absolute Gasteiger partial charge is 0.383 e. The Hall–Kier alpha value is -4.08. The van der Waals surface area contributed by atoms with Crippen LogP contribution in [0.1, 0.15) is 37.4 Å². The molecule has 1 aliphatic carbocycles. The van der Waals surface area contributed by atoms with Crippen LogP contribution in [0.25, 0.3) is 39.2 Å². The van der Waals surface area contributed by atoms with Crippen molar-refractivity contribution < 1.29 is 0 Å². The second kappa shape index (κ2) is 10.7. The number of nitrogens with two attached hydrogens (primary N) is 1. The molecule has 1 aliphatic heterocycles. The molecule has 2 N–H and O–H groups in total. The lowest BCUT2D eigenvalue weighted by molar-refractivity contribution is 0.0815. The van der Waals surface area contributed by atoms with E-state index in [0.29, 0.717) is 17.9 Å². The molecule has 2 aromatic carbocycles. The second-order valence-electron chi connectivity index (χ2n) is 11.5.